The molecule has 0 atom stereocenters. The molecule has 1 aromatic heterocycles. The van der Waals surface area contributed by atoms with Gasteiger partial charge in [0.25, 0.3) is 0 Å². The first-order chi connectivity index (χ1) is 8.20. The molecular formula is C14H14O3. The molecular weight excluding hydrogens is 216 g/mol. The zero-order chi connectivity index (χ0) is 12.3. The lowest BCUT2D eigenvalue weighted by Crippen LogP contribution is -1.98. The number of rotatable bonds is 3. The summed E-state index contributed by atoms with van der Waals surface area (Å²) in [6, 6.07) is 11.5. The molecule has 0 aliphatic heterocycles. The standard InChI is InChI=1S/C14H14O3/c1-10-5-3-4-6-11(10)9-12-7-8-13(17-12)14(15)16-2/h3-8H,9H2,1-2H3. The van der Waals surface area contributed by atoms with Crippen molar-refractivity contribution in [1.29, 1.82) is 0 Å². The molecule has 0 aliphatic carbocycles. The average molecular weight is 230 g/mol. The Morgan fingerprint density at radius 1 is 1.24 bits per heavy atom. The monoisotopic (exact) mass is 230 g/mol. The van der Waals surface area contributed by atoms with Gasteiger partial charge in [-0.3, -0.25) is 0 Å². The number of esters is 1. The van der Waals surface area contributed by atoms with E-state index in [4.69, 9.17) is 4.42 Å². The van der Waals surface area contributed by atoms with Crippen LogP contribution in [-0.2, 0) is 11.2 Å². The van der Waals surface area contributed by atoms with E-state index in [9.17, 15) is 4.79 Å². The van der Waals surface area contributed by atoms with Crippen molar-refractivity contribution in [1.82, 2.24) is 0 Å². The summed E-state index contributed by atoms with van der Waals surface area (Å²) in [5.41, 5.74) is 2.40. The van der Waals surface area contributed by atoms with Gasteiger partial charge in [-0.1, -0.05) is 24.3 Å². The summed E-state index contributed by atoms with van der Waals surface area (Å²) in [5, 5.41) is 0. The van der Waals surface area contributed by atoms with Gasteiger partial charge >= 0.3 is 5.97 Å². The smallest absolute Gasteiger partial charge is 0.373 e. The van der Waals surface area contributed by atoms with Gasteiger partial charge in [0, 0.05) is 6.42 Å². The van der Waals surface area contributed by atoms with E-state index in [-0.39, 0.29) is 5.76 Å². The maximum Gasteiger partial charge on any atom is 0.373 e. The molecule has 3 nitrogen and oxygen atoms in total. The number of aryl methyl sites for hydroxylation is 1. The number of methoxy groups -OCH3 is 1. The number of hydrogen-bond acceptors (Lipinski definition) is 3. The van der Waals surface area contributed by atoms with Crippen molar-refractivity contribution < 1.29 is 13.9 Å². The molecule has 88 valence electrons. The Hall–Kier alpha value is -2.03. The predicted molar refractivity (Wildman–Crippen MR) is 64.0 cm³/mol. The molecule has 0 fully saturated rings. The van der Waals surface area contributed by atoms with E-state index in [1.54, 1.807) is 12.1 Å². The van der Waals surface area contributed by atoms with Gasteiger partial charge in [-0.05, 0) is 30.2 Å². The highest BCUT2D eigenvalue weighted by molar-refractivity contribution is 5.86. The first-order valence-electron chi connectivity index (χ1n) is 5.42. The summed E-state index contributed by atoms with van der Waals surface area (Å²) >= 11 is 0. The highest BCUT2D eigenvalue weighted by Crippen LogP contribution is 2.16. The molecule has 3 heteroatoms. The van der Waals surface area contributed by atoms with Crippen LogP contribution in [0.4, 0.5) is 0 Å². The van der Waals surface area contributed by atoms with Gasteiger partial charge < -0.3 is 9.15 Å². The summed E-state index contributed by atoms with van der Waals surface area (Å²) in [6.45, 7) is 2.06. The molecule has 0 N–H and O–H groups in total. The van der Waals surface area contributed by atoms with E-state index in [0.717, 1.165) is 5.76 Å². The third-order valence-corrected chi connectivity index (χ3v) is 2.67. The second-order valence-electron chi connectivity index (χ2n) is 3.86. The quantitative estimate of drug-likeness (QED) is 0.761. The predicted octanol–water partition coefficient (Wildman–Crippen LogP) is 2.97. The molecule has 1 heterocycles. The van der Waals surface area contributed by atoms with Crippen LogP contribution in [0.5, 0.6) is 0 Å². The van der Waals surface area contributed by atoms with Gasteiger partial charge in [0.05, 0.1) is 7.11 Å². The van der Waals surface area contributed by atoms with Crippen LogP contribution < -0.4 is 0 Å². The van der Waals surface area contributed by atoms with Gasteiger partial charge in [0.15, 0.2) is 0 Å². The fourth-order valence-corrected chi connectivity index (χ4v) is 1.68. The molecule has 0 aliphatic rings. The maximum atomic E-state index is 11.2. The number of ether oxygens (including phenoxy) is 1. The van der Waals surface area contributed by atoms with Crippen LogP contribution in [-0.4, -0.2) is 13.1 Å². The molecule has 0 amide bonds. The number of carbonyl (C=O) groups is 1. The van der Waals surface area contributed by atoms with Crippen LogP contribution in [0.25, 0.3) is 0 Å². The molecule has 0 bridgehead atoms. The normalized spacial score (nSPS) is 10.2. The Morgan fingerprint density at radius 2 is 2.00 bits per heavy atom. The summed E-state index contributed by atoms with van der Waals surface area (Å²) in [6.07, 6.45) is 0.684. The third-order valence-electron chi connectivity index (χ3n) is 2.67. The third kappa shape index (κ3) is 2.56. The molecule has 2 rings (SSSR count). The lowest BCUT2D eigenvalue weighted by atomic mass is 10.1. The first kappa shape index (κ1) is 11.5. The van der Waals surface area contributed by atoms with Gasteiger partial charge in [0.2, 0.25) is 5.76 Å². The van der Waals surface area contributed by atoms with E-state index in [1.807, 2.05) is 12.1 Å². The fourth-order valence-electron chi connectivity index (χ4n) is 1.68. The number of benzene rings is 1. The van der Waals surface area contributed by atoms with Crippen LogP contribution in [0, 0.1) is 6.92 Å². The lowest BCUT2D eigenvalue weighted by Gasteiger charge is -2.02. The Kier molecular flexibility index (Phi) is 3.28. The van der Waals surface area contributed by atoms with Gasteiger partial charge in [-0.25, -0.2) is 4.79 Å². The number of furan rings is 1. The first-order valence-corrected chi connectivity index (χ1v) is 5.42. The molecule has 0 saturated heterocycles. The molecule has 2 aromatic rings. The molecule has 1 aromatic carbocycles. The summed E-state index contributed by atoms with van der Waals surface area (Å²) < 4.78 is 10.0. The van der Waals surface area contributed by atoms with Crippen molar-refractivity contribution in [3.8, 4) is 0 Å². The Balaban J connectivity index is 2.17. The molecule has 17 heavy (non-hydrogen) atoms. The number of carbonyl (C=O) groups excluding carboxylic acids is 1. The highest BCUT2D eigenvalue weighted by Gasteiger charge is 2.11. The Labute approximate surface area is 100 Å². The van der Waals surface area contributed by atoms with Crippen molar-refractivity contribution >= 4 is 5.97 Å². The fraction of sp³-hybridized carbons (Fsp3) is 0.214. The van der Waals surface area contributed by atoms with Crippen molar-refractivity contribution in [3.63, 3.8) is 0 Å². The highest BCUT2D eigenvalue weighted by atomic mass is 16.5. The van der Waals surface area contributed by atoms with E-state index >= 15 is 0 Å². The molecule has 0 unspecified atom stereocenters. The van der Waals surface area contributed by atoms with E-state index < -0.39 is 5.97 Å². The SMILES string of the molecule is COC(=O)c1ccc(Cc2ccccc2C)o1. The Bertz CT molecular complexity index is 526. The van der Waals surface area contributed by atoms with E-state index in [1.165, 1.54) is 18.2 Å². The zero-order valence-electron chi connectivity index (χ0n) is 9.90. The molecule has 0 spiro atoms. The van der Waals surface area contributed by atoms with Crippen LogP contribution in [0.1, 0.15) is 27.4 Å². The molecule has 0 radical (unpaired) electrons. The minimum absolute atomic E-state index is 0.246. The lowest BCUT2D eigenvalue weighted by molar-refractivity contribution is 0.0563. The minimum Gasteiger partial charge on any atom is -0.463 e. The van der Waals surface area contributed by atoms with Crippen molar-refractivity contribution in [3.05, 3.63) is 59.0 Å². The average Bonchev–Trinajstić information content (AvgIpc) is 2.80. The molecule has 0 saturated carbocycles. The van der Waals surface area contributed by atoms with Crippen LogP contribution in [0.15, 0.2) is 40.8 Å². The zero-order valence-corrected chi connectivity index (χ0v) is 9.90. The van der Waals surface area contributed by atoms with Crippen molar-refractivity contribution in [2.75, 3.05) is 7.11 Å². The van der Waals surface area contributed by atoms with Crippen LogP contribution in [0.2, 0.25) is 0 Å². The second kappa shape index (κ2) is 4.87. The van der Waals surface area contributed by atoms with Crippen LogP contribution >= 0.6 is 0 Å². The summed E-state index contributed by atoms with van der Waals surface area (Å²) in [5.74, 6) is 0.566. The van der Waals surface area contributed by atoms with E-state index in [2.05, 4.69) is 23.8 Å². The van der Waals surface area contributed by atoms with E-state index in [0.29, 0.717) is 6.42 Å². The van der Waals surface area contributed by atoms with Crippen molar-refractivity contribution in [2.24, 2.45) is 0 Å². The maximum absolute atomic E-state index is 11.2. The summed E-state index contributed by atoms with van der Waals surface area (Å²) in [4.78, 5) is 11.2. The minimum atomic E-state index is -0.443. The topological polar surface area (TPSA) is 39.4 Å². The number of hydrogen-bond donors (Lipinski definition) is 0. The van der Waals surface area contributed by atoms with Crippen molar-refractivity contribution in [2.45, 2.75) is 13.3 Å². The summed E-state index contributed by atoms with van der Waals surface area (Å²) in [7, 11) is 1.34. The Morgan fingerprint density at radius 3 is 2.71 bits per heavy atom. The van der Waals surface area contributed by atoms with Gasteiger partial charge in [-0.15, -0.1) is 0 Å². The van der Waals surface area contributed by atoms with Crippen LogP contribution in [0.3, 0.4) is 0 Å². The van der Waals surface area contributed by atoms with Gasteiger partial charge in [0.1, 0.15) is 5.76 Å². The largest absolute Gasteiger partial charge is 0.463 e. The second-order valence-corrected chi connectivity index (χ2v) is 3.86. The van der Waals surface area contributed by atoms with Gasteiger partial charge in [-0.2, -0.15) is 0 Å².